The highest BCUT2D eigenvalue weighted by atomic mass is 127. The zero-order valence-corrected chi connectivity index (χ0v) is 21.2. The fraction of sp³-hybridized carbons (Fsp3) is 0.714. The Hall–Kier alpha value is -0.740. The Kier molecular flexibility index (Phi) is 10.3. The van der Waals surface area contributed by atoms with Crippen LogP contribution in [0.5, 0.6) is 0 Å². The van der Waals surface area contributed by atoms with Crippen molar-refractivity contribution in [3.8, 4) is 0 Å². The number of pyridine rings is 1. The van der Waals surface area contributed by atoms with E-state index in [9.17, 15) is 0 Å². The van der Waals surface area contributed by atoms with Gasteiger partial charge >= 0.3 is 0 Å². The van der Waals surface area contributed by atoms with Crippen molar-refractivity contribution in [3.63, 3.8) is 0 Å². The van der Waals surface area contributed by atoms with Gasteiger partial charge in [-0.3, -0.25) is 0 Å². The Labute approximate surface area is 197 Å². The lowest BCUT2D eigenvalue weighted by Gasteiger charge is -2.36. The van der Waals surface area contributed by atoms with Crippen LogP contribution in [0.1, 0.15) is 45.6 Å². The van der Waals surface area contributed by atoms with Crippen molar-refractivity contribution >= 4 is 47.5 Å². The Balaban J connectivity index is 0.00000300. The van der Waals surface area contributed by atoms with E-state index in [1.165, 1.54) is 19.3 Å². The highest BCUT2D eigenvalue weighted by Crippen LogP contribution is 2.28. The normalized spacial score (nSPS) is 27.4. The first-order valence-corrected chi connectivity index (χ1v) is 11.8. The van der Waals surface area contributed by atoms with E-state index in [1.807, 2.05) is 18.0 Å². The molecule has 0 amide bonds. The van der Waals surface area contributed by atoms with Crippen LogP contribution in [-0.4, -0.2) is 60.3 Å². The number of ether oxygens (including phenoxy) is 1. The lowest BCUT2D eigenvalue weighted by Crippen LogP contribution is -2.45. The lowest BCUT2D eigenvalue weighted by molar-refractivity contribution is -0.00545. The average molecular weight is 534 g/mol. The van der Waals surface area contributed by atoms with Crippen LogP contribution in [0.3, 0.4) is 0 Å². The van der Waals surface area contributed by atoms with Gasteiger partial charge in [-0.25, -0.2) is 9.98 Å². The summed E-state index contributed by atoms with van der Waals surface area (Å²) in [4.78, 5) is 11.8. The van der Waals surface area contributed by atoms with E-state index in [0.717, 1.165) is 42.2 Å². The molecule has 1 aliphatic heterocycles. The molecule has 8 heteroatoms. The number of morpholine rings is 1. The second-order valence-corrected chi connectivity index (χ2v) is 9.03. The topological polar surface area (TPSA) is 61.8 Å². The molecule has 1 aliphatic carbocycles. The number of nitrogens with one attached hydrogen (secondary N) is 2. The number of halogens is 1. The summed E-state index contributed by atoms with van der Waals surface area (Å²) in [6, 6.07) is 4.77. The van der Waals surface area contributed by atoms with Crippen molar-refractivity contribution in [1.29, 1.82) is 0 Å². The van der Waals surface area contributed by atoms with Gasteiger partial charge in [0, 0.05) is 37.1 Å². The molecule has 1 aromatic heterocycles. The molecule has 0 aromatic carbocycles. The van der Waals surface area contributed by atoms with Gasteiger partial charge in [0.15, 0.2) is 5.96 Å². The second kappa shape index (κ2) is 12.2. The van der Waals surface area contributed by atoms with Gasteiger partial charge in [-0.2, -0.15) is 11.8 Å². The maximum Gasteiger partial charge on any atom is 0.191 e. The Bertz CT molecular complexity index is 634. The van der Waals surface area contributed by atoms with Gasteiger partial charge in [0.25, 0.3) is 0 Å². The summed E-state index contributed by atoms with van der Waals surface area (Å²) in [5, 5.41) is 7.76. The van der Waals surface area contributed by atoms with Gasteiger partial charge in [-0.05, 0) is 57.9 Å². The summed E-state index contributed by atoms with van der Waals surface area (Å²) in [7, 11) is 0. The molecule has 3 rings (SSSR count). The minimum absolute atomic E-state index is 0. The third kappa shape index (κ3) is 7.47. The van der Waals surface area contributed by atoms with Gasteiger partial charge in [0.2, 0.25) is 0 Å². The molecule has 1 saturated carbocycles. The summed E-state index contributed by atoms with van der Waals surface area (Å²) in [6.07, 6.45) is 8.38. The van der Waals surface area contributed by atoms with E-state index in [0.29, 0.717) is 12.6 Å². The number of nitrogens with zero attached hydrogens (tertiary/aromatic N) is 3. The molecule has 0 radical (unpaired) electrons. The van der Waals surface area contributed by atoms with E-state index in [-0.39, 0.29) is 36.2 Å². The smallest absolute Gasteiger partial charge is 0.191 e. The number of anilines is 1. The van der Waals surface area contributed by atoms with Crippen LogP contribution in [-0.2, 0) is 11.3 Å². The standard InChI is InChI=1S/C21H35N5OS.HI/c1-5-22-21(25-18-7-8-19(10-18)28-4)24-12-17-6-9-20(23-11-17)26-13-15(2)27-16(3)14-26;/h6,9,11,15-16,18-19H,5,7-8,10,12-14H2,1-4H3,(H2,22,24,25);1H. The molecule has 4 unspecified atom stereocenters. The van der Waals surface area contributed by atoms with E-state index >= 15 is 0 Å². The first-order chi connectivity index (χ1) is 13.6. The third-order valence-electron chi connectivity index (χ3n) is 5.38. The van der Waals surface area contributed by atoms with Gasteiger partial charge in [-0.1, -0.05) is 6.07 Å². The molecule has 0 bridgehead atoms. The van der Waals surface area contributed by atoms with Crippen LogP contribution < -0.4 is 15.5 Å². The number of hydrogen-bond donors (Lipinski definition) is 2. The van der Waals surface area contributed by atoms with Crippen molar-refractivity contribution in [3.05, 3.63) is 23.9 Å². The monoisotopic (exact) mass is 533 g/mol. The number of guanidine groups is 1. The predicted octanol–water partition coefficient (Wildman–Crippen LogP) is 3.65. The van der Waals surface area contributed by atoms with Crippen LogP contribution in [0.4, 0.5) is 5.82 Å². The molecule has 29 heavy (non-hydrogen) atoms. The molecule has 2 heterocycles. The SMILES string of the molecule is CCNC(=NCc1ccc(N2CC(C)OC(C)C2)nc1)NC1CCC(SC)C1.I. The first kappa shape index (κ1) is 24.5. The average Bonchev–Trinajstić information content (AvgIpc) is 3.13. The third-order valence-corrected chi connectivity index (χ3v) is 6.47. The van der Waals surface area contributed by atoms with E-state index in [4.69, 9.17) is 9.73 Å². The Morgan fingerprint density at radius 2 is 2.03 bits per heavy atom. The van der Waals surface area contributed by atoms with Gasteiger partial charge in [-0.15, -0.1) is 24.0 Å². The largest absolute Gasteiger partial charge is 0.372 e. The first-order valence-electron chi connectivity index (χ1n) is 10.5. The number of aromatic nitrogens is 1. The van der Waals surface area contributed by atoms with Crippen LogP contribution in [0.25, 0.3) is 0 Å². The molecule has 4 atom stereocenters. The van der Waals surface area contributed by atoms with Gasteiger partial charge in [0.05, 0.1) is 18.8 Å². The van der Waals surface area contributed by atoms with Gasteiger partial charge in [0.1, 0.15) is 5.82 Å². The fourth-order valence-corrected chi connectivity index (χ4v) is 4.83. The van der Waals surface area contributed by atoms with Crippen LogP contribution in [0.15, 0.2) is 23.3 Å². The number of thioether (sulfide) groups is 1. The minimum Gasteiger partial charge on any atom is -0.372 e. The predicted molar refractivity (Wildman–Crippen MR) is 135 cm³/mol. The molecule has 2 aliphatic rings. The second-order valence-electron chi connectivity index (χ2n) is 7.89. The summed E-state index contributed by atoms with van der Waals surface area (Å²) < 4.78 is 5.82. The fourth-order valence-electron chi connectivity index (χ4n) is 4.03. The number of rotatable bonds is 6. The van der Waals surface area contributed by atoms with E-state index in [1.54, 1.807) is 0 Å². The maximum atomic E-state index is 5.82. The molecule has 164 valence electrons. The number of aliphatic imine (C=N–C) groups is 1. The van der Waals surface area contributed by atoms with E-state index < -0.39 is 0 Å². The summed E-state index contributed by atoms with van der Waals surface area (Å²) in [5.74, 6) is 1.93. The summed E-state index contributed by atoms with van der Waals surface area (Å²) in [5.41, 5.74) is 1.13. The maximum absolute atomic E-state index is 5.82. The van der Waals surface area contributed by atoms with Crippen LogP contribution >= 0.6 is 35.7 Å². The molecule has 1 aromatic rings. The molecular weight excluding hydrogens is 497 g/mol. The Morgan fingerprint density at radius 1 is 1.28 bits per heavy atom. The Morgan fingerprint density at radius 3 is 2.62 bits per heavy atom. The lowest BCUT2D eigenvalue weighted by atomic mass is 10.2. The summed E-state index contributed by atoms with van der Waals surface area (Å²) in [6.45, 7) is 9.63. The van der Waals surface area contributed by atoms with Crippen molar-refractivity contribution in [2.24, 2.45) is 4.99 Å². The van der Waals surface area contributed by atoms with E-state index in [2.05, 4.69) is 59.7 Å². The van der Waals surface area contributed by atoms with Crippen molar-refractivity contribution in [2.75, 3.05) is 30.8 Å². The molecule has 1 saturated heterocycles. The quantitative estimate of drug-likeness (QED) is 0.331. The molecular formula is C21H36IN5OS. The minimum atomic E-state index is 0. The molecule has 6 nitrogen and oxygen atoms in total. The summed E-state index contributed by atoms with van der Waals surface area (Å²) >= 11 is 1.98. The molecule has 0 spiro atoms. The highest BCUT2D eigenvalue weighted by molar-refractivity contribution is 14.0. The molecule has 2 fully saturated rings. The van der Waals surface area contributed by atoms with Crippen molar-refractivity contribution in [1.82, 2.24) is 15.6 Å². The zero-order valence-electron chi connectivity index (χ0n) is 18.1. The zero-order chi connectivity index (χ0) is 19.9. The van der Waals surface area contributed by atoms with Crippen molar-refractivity contribution < 1.29 is 4.74 Å². The molecule has 2 N–H and O–H groups in total. The van der Waals surface area contributed by atoms with Crippen LogP contribution in [0.2, 0.25) is 0 Å². The number of hydrogen-bond acceptors (Lipinski definition) is 5. The van der Waals surface area contributed by atoms with Gasteiger partial charge < -0.3 is 20.3 Å². The van der Waals surface area contributed by atoms with Crippen LogP contribution in [0, 0.1) is 0 Å². The van der Waals surface area contributed by atoms with Crippen molar-refractivity contribution in [2.45, 2.75) is 70.1 Å². The highest BCUT2D eigenvalue weighted by Gasteiger charge is 2.25.